The molecule has 2 heterocycles. The zero-order chi connectivity index (χ0) is 20.6. The quantitative estimate of drug-likeness (QED) is 0.700. The van der Waals surface area contributed by atoms with E-state index in [-0.39, 0.29) is 28.9 Å². The normalized spacial score (nSPS) is 33.9. The number of hydrogen-bond acceptors (Lipinski definition) is 6. The van der Waals surface area contributed by atoms with Crippen molar-refractivity contribution >= 4 is 22.3 Å². The van der Waals surface area contributed by atoms with Crippen molar-refractivity contribution in [2.24, 2.45) is 5.41 Å². The molecular formula is C18H28N2O7S. The smallest absolute Gasteiger partial charge is 0.410 e. The molecule has 2 bridgehead atoms. The van der Waals surface area contributed by atoms with Crippen molar-refractivity contribution in [3.63, 3.8) is 0 Å². The second-order valence-electron chi connectivity index (χ2n) is 10.1. The van der Waals surface area contributed by atoms with Gasteiger partial charge < -0.3 is 14.4 Å². The third-order valence-electron chi connectivity index (χ3n) is 6.47. The molecule has 9 nitrogen and oxygen atoms in total. The predicted octanol–water partition coefficient (Wildman–Crippen LogP) is 2.02. The van der Waals surface area contributed by atoms with E-state index >= 15 is 0 Å². The third kappa shape index (κ3) is 3.34. The van der Waals surface area contributed by atoms with Crippen LogP contribution >= 0.6 is 0 Å². The molecule has 158 valence electrons. The molecule has 3 saturated carbocycles. The third-order valence-corrected chi connectivity index (χ3v) is 7.45. The van der Waals surface area contributed by atoms with Crippen molar-refractivity contribution in [3.05, 3.63) is 0 Å². The molecule has 3 aliphatic carbocycles. The van der Waals surface area contributed by atoms with Crippen LogP contribution in [0.2, 0.25) is 0 Å². The maximum atomic E-state index is 12.5. The number of likely N-dealkylation sites (tertiary alicyclic amines) is 1. The first-order valence-electron chi connectivity index (χ1n) is 9.68. The Hall–Kier alpha value is -1.55. The Morgan fingerprint density at radius 1 is 1.21 bits per heavy atom. The summed E-state index contributed by atoms with van der Waals surface area (Å²) in [6.45, 7) is 6.88. The fraction of sp³-hybridized carbons (Fsp3) is 0.889. The van der Waals surface area contributed by atoms with Crippen molar-refractivity contribution in [3.8, 4) is 0 Å². The molecule has 1 N–H and O–H groups in total. The Balaban J connectivity index is 1.34. The molecule has 2 saturated heterocycles. The lowest BCUT2D eigenvalue weighted by atomic mass is 9.39. The van der Waals surface area contributed by atoms with Crippen LogP contribution in [0.1, 0.15) is 52.9 Å². The topological polar surface area (TPSA) is 113 Å². The summed E-state index contributed by atoms with van der Waals surface area (Å²) in [4.78, 5) is 28.2. The van der Waals surface area contributed by atoms with Crippen molar-refractivity contribution in [2.75, 3.05) is 25.4 Å². The van der Waals surface area contributed by atoms with Crippen LogP contribution in [-0.4, -0.2) is 77.1 Å². The van der Waals surface area contributed by atoms with Gasteiger partial charge in [0.05, 0.1) is 12.3 Å². The Morgan fingerprint density at radius 3 is 2.29 bits per heavy atom. The lowest BCUT2D eigenvalue weighted by Gasteiger charge is -2.72. The molecule has 0 aromatic carbocycles. The second kappa shape index (κ2) is 5.75. The second-order valence-corrected chi connectivity index (χ2v) is 11.5. The Labute approximate surface area is 165 Å². The Morgan fingerprint density at radius 2 is 1.79 bits per heavy atom. The van der Waals surface area contributed by atoms with Crippen molar-refractivity contribution in [1.82, 2.24) is 9.80 Å². The van der Waals surface area contributed by atoms with E-state index in [2.05, 4.69) is 0 Å². The van der Waals surface area contributed by atoms with Crippen LogP contribution in [0.15, 0.2) is 0 Å². The van der Waals surface area contributed by atoms with Gasteiger partial charge in [0.1, 0.15) is 11.2 Å². The molecular weight excluding hydrogens is 388 g/mol. The zero-order valence-corrected chi connectivity index (χ0v) is 17.4. The highest BCUT2D eigenvalue weighted by atomic mass is 32.2. The fourth-order valence-corrected chi connectivity index (χ4v) is 6.52. The first-order chi connectivity index (χ1) is 12.7. The Kier molecular flexibility index (Phi) is 4.05. The number of hydrogen-bond donors (Lipinski definition) is 1. The monoisotopic (exact) mass is 416 g/mol. The summed E-state index contributed by atoms with van der Waals surface area (Å²) < 4.78 is 42.6. The molecule has 5 fully saturated rings. The molecule has 5 aliphatic rings. The zero-order valence-electron chi connectivity index (χ0n) is 16.6. The largest absolute Gasteiger partial charge is 0.444 e. The summed E-state index contributed by atoms with van der Waals surface area (Å²) >= 11 is 0. The van der Waals surface area contributed by atoms with Gasteiger partial charge in [0.2, 0.25) is 0 Å². The highest BCUT2D eigenvalue weighted by Gasteiger charge is 2.74. The number of ether oxygens (including phenoxy) is 2. The predicted molar refractivity (Wildman–Crippen MR) is 98.4 cm³/mol. The molecule has 0 aromatic rings. The van der Waals surface area contributed by atoms with E-state index in [9.17, 15) is 18.0 Å². The van der Waals surface area contributed by atoms with Crippen LogP contribution in [0.25, 0.3) is 0 Å². The maximum Gasteiger partial charge on any atom is 0.410 e. The molecule has 2 aliphatic heterocycles. The van der Waals surface area contributed by atoms with Crippen LogP contribution < -0.4 is 0 Å². The number of nitrogens with zero attached hydrogens (tertiary/aromatic N) is 2. The molecule has 0 atom stereocenters. The molecule has 5 rings (SSSR count). The molecule has 0 radical (unpaired) electrons. The van der Waals surface area contributed by atoms with E-state index in [4.69, 9.17) is 14.0 Å². The average molecular weight is 416 g/mol. The number of carbonyl (C=O) groups excluding carboxylic acids is 2. The SMILES string of the molecule is CC(C)(C)OC(=O)N1CCC2(CC1)CN(C13CC(CS(=O)(=O)O)(C1)C3)C(=O)O2. The summed E-state index contributed by atoms with van der Waals surface area (Å²) in [6.07, 6.45) is 2.18. The van der Waals surface area contributed by atoms with E-state index in [0.717, 1.165) is 0 Å². The van der Waals surface area contributed by atoms with Gasteiger partial charge in [0.15, 0.2) is 0 Å². The summed E-state index contributed by atoms with van der Waals surface area (Å²) in [5.41, 5.74) is -1.86. The van der Waals surface area contributed by atoms with E-state index in [1.165, 1.54) is 0 Å². The van der Waals surface area contributed by atoms with E-state index in [0.29, 0.717) is 51.7 Å². The summed E-state index contributed by atoms with van der Waals surface area (Å²) in [5, 5.41) is 0. The molecule has 0 aromatic heterocycles. The van der Waals surface area contributed by atoms with Gasteiger partial charge in [-0.05, 0) is 45.4 Å². The number of piperidine rings is 1. The van der Waals surface area contributed by atoms with Gasteiger partial charge >= 0.3 is 12.2 Å². The van der Waals surface area contributed by atoms with Crippen LogP contribution in [-0.2, 0) is 19.6 Å². The Bertz CT molecular complexity index is 789. The van der Waals surface area contributed by atoms with Gasteiger partial charge in [-0.3, -0.25) is 9.45 Å². The van der Waals surface area contributed by atoms with E-state index in [1.54, 1.807) is 9.80 Å². The standard InChI is InChI=1S/C18H28N2O7S/c1-15(2,3)26-13(21)19-6-4-18(5-7-19)11-20(14(22)27-18)17-8-16(9-17,10-17)12-28(23,24)25/h4-12H2,1-3H3,(H,23,24,25). The minimum Gasteiger partial charge on any atom is -0.444 e. The highest BCUT2D eigenvalue weighted by Crippen LogP contribution is 2.71. The van der Waals surface area contributed by atoms with Gasteiger partial charge in [-0.25, -0.2) is 9.59 Å². The van der Waals surface area contributed by atoms with Crippen molar-refractivity contribution in [1.29, 1.82) is 0 Å². The molecule has 2 amide bonds. The van der Waals surface area contributed by atoms with Crippen LogP contribution in [0.3, 0.4) is 0 Å². The first kappa shape index (κ1) is 19.8. The first-order valence-corrected chi connectivity index (χ1v) is 11.3. The van der Waals surface area contributed by atoms with Crippen LogP contribution in [0.5, 0.6) is 0 Å². The van der Waals surface area contributed by atoms with E-state index in [1.807, 2.05) is 20.8 Å². The number of carbonyl (C=O) groups is 2. The summed E-state index contributed by atoms with van der Waals surface area (Å²) in [5.74, 6) is -0.235. The average Bonchev–Trinajstić information content (AvgIpc) is 2.75. The summed E-state index contributed by atoms with van der Waals surface area (Å²) in [7, 11) is -4.01. The summed E-state index contributed by atoms with van der Waals surface area (Å²) in [6, 6.07) is 0. The van der Waals surface area contributed by atoms with Crippen molar-refractivity contribution < 1.29 is 32.0 Å². The lowest BCUT2D eigenvalue weighted by Crippen LogP contribution is -2.76. The molecule has 10 heteroatoms. The molecule has 0 unspecified atom stereocenters. The fourth-order valence-electron chi connectivity index (χ4n) is 5.44. The highest BCUT2D eigenvalue weighted by molar-refractivity contribution is 7.85. The van der Waals surface area contributed by atoms with E-state index < -0.39 is 21.3 Å². The minimum absolute atomic E-state index is 0.235. The van der Waals surface area contributed by atoms with Gasteiger partial charge in [0, 0.05) is 31.5 Å². The van der Waals surface area contributed by atoms with Gasteiger partial charge in [-0.2, -0.15) is 8.42 Å². The number of amides is 2. The lowest BCUT2D eigenvalue weighted by molar-refractivity contribution is -0.187. The molecule has 1 spiro atoms. The molecule has 28 heavy (non-hydrogen) atoms. The van der Waals surface area contributed by atoms with Gasteiger partial charge in [-0.1, -0.05) is 0 Å². The van der Waals surface area contributed by atoms with Crippen LogP contribution in [0, 0.1) is 5.41 Å². The maximum absolute atomic E-state index is 12.5. The number of rotatable bonds is 3. The van der Waals surface area contributed by atoms with Crippen molar-refractivity contribution in [2.45, 2.75) is 69.6 Å². The van der Waals surface area contributed by atoms with Gasteiger partial charge in [0.25, 0.3) is 10.1 Å². The van der Waals surface area contributed by atoms with Crippen LogP contribution in [0.4, 0.5) is 9.59 Å². The minimum atomic E-state index is -4.01. The van der Waals surface area contributed by atoms with Gasteiger partial charge in [-0.15, -0.1) is 0 Å².